The Morgan fingerprint density at radius 3 is 2.67 bits per heavy atom. The van der Waals surface area contributed by atoms with Gasteiger partial charge >= 0.3 is 0 Å². The van der Waals surface area contributed by atoms with E-state index in [9.17, 15) is 9.59 Å². The van der Waals surface area contributed by atoms with Crippen molar-refractivity contribution in [1.29, 1.82) is 0 Å². The van der Waals surface area contributed by atoms with Crippen molar-refractivity contribution in [3.8, 4) is 5.75 Å². The third-order valence-electron chi connectivity index (χ3n) is 5.90. The average Bonchev–Trinajstić information content (AvgIpc) is 3.46. The standard InChI is InChI=1S/C22H26ClN3O4/c1-29-19-5-4-16(23)13-18(19)26-11-8-17(14-26)24-21(27)15-6-9-25(10-7-15)22(28)20-3-2-12-30-20/h2-5,12-13,15,17H,6-11,14H2,1H3,(H,24,27). The van der Waals surface area contributed by atoms with E-state index in [2.05, 4.69) is 10.2 Å². The number of piperidine rings is 1. The van der Waals surface area contributed by atoms with Gasteiger partial charge in [-0.2, -0.15) is 0 Å². The zero-order chi connectivity index (χ0) is 21.1. The minimum Gasteiger partial charge on any atom is -0.495 e. The Hall–Kier alpha value is -2.67. The molecular formula is C22H26ClN3O4. The Bertz CT molecular complexity index is 894. The van der Waals surface area contributed by atoms with Crippen LogP contribution in [-0.4, -0.2) is 56.0 Å². The van der Waals surface area contributed by atoms with Gasteiger partial charge in [0, 0.05) is 43.2 Å². The topological polar surface area (TPSA) is 75.0 Å². The molecule has 2 aromatic rings. The van der Waals surface area contributed by atoms with Crippen LogP contribution in [0.5, 0.6) is 5.75 Å². The maximum atomic E-state index is 12.8. The highest BCUT2D eigenvalue weighted by Crippen LogP contribution is 2.33. The van der Waals surface area contributed by atoms with Crippen molar-refractivity contribution in [3.63, 3.8) is 0 Å². The van der Waals surface area contributed by atoms with E-state index in [-0.39, 0.29) is 23.8 Å². The van der Waals surface area contributed by atoms with Crippen molar-refractivity contribution in [2.45, 2.75) is 25.3 Å². The van der Waals surface area contributed by atoms with Gasteiger partial charge in [0.25, 0.3) is 5.91 Å². The summed E-state index contributed by atoms with van der Waals surface area (Å²) in [5.74, 6) is 1.02. The van der Waals surface area contributed by atoms with Crippen LogP contribution in [0, 0.1) is 5.92 Å². The Morgan fingerprint density at radius 1 is 1.17 bits per heavy atom. The molecule has 8 heteroatoms. The van der Waals surface area contributed by atoms with Crippen LogP contribution in [0.3, 0.4) is 0 Å². The van der Waals surface area contributed by atoms with Crippen molar-refractivity contribution in [3.05, 3.63) is 47.4 Å². The number of carbonyl (C=O) groups excluding carboxylic acids is 2. The lowest BCUT2D eigenvalue weighted by atomic mass is 9.95. The molecule has 2 aliphatic heterocycles. The van der Waals surface area contributed by atoms with Gasteiger partial charge in [-0.05, 0) is 49.6 Å². The molecule has 0 bridgehead atoms. The summed E-state index contributed by atoms with van der Waals surface area (Å²) in [6, 6.07) is 9.03. The highest BCUT2D eigenvalue weighted by molar-refractivity contribution is 6.30. The highest BCUT2D eigenvalue weighted by atomic mass is 35.5. The Balaban J connectivity index is 1.28. The van der Waals surface area contributed by atoms with Gasteiger partial charge in [-0.3, -0.25) is 9.59 Å². The van der Waals surface area contributed by atoms with Crippen LogP contribution in [0.2, 0.25) is 5.02 Å². The Kier molecular flexibility index (Phi) is 6.18. The molecule has 2 saturated heterocycles. The maximum Gasteiger partial charge on any atom is 0.289 e. The first-order valence-electron chi connectivity index (χ1n) is 10.3. The molecule has 0 saturated carbocycles. The second kappa shape index (κ2) is 9.00. The van der Waals surface area contributed by atoms with Gasteiger partial charge in [-0.25, -0.2) is 0 Å². The summed E-state index contributed by atoms with van der Waals surface area (Å²) >= 11 is 6.16. The fourth-order valence-electron chi connectivity index (χ4n) is 4.23. The molecule has 2 fully saturated rings. The van der Waals surface area contributed by atoms with Crippen LogP contribution >= 0.6 is 11.6 Å². The van der Waals surface area contributed by atoms with Gasteiger partial charge in [-0.15, -0.1) is 0 Å². The van der Waals surface area contributed by atoms with Crippen LogP contribution in [0.1, 0.15) is 29.8 Å². The summed E-state index contributed by atoms with van der Waals surface area (Å²) in [6.07, 6.45) is 3.70. The van der Waals surface area contributed by atoms with E-state index < -0.39 is 0 Å². The normalized spacial score (nSPS) is 19.7. The number of methoxy groups -OCH3 is 1. The van der Waals surface area contributed by atoms with E-state index in [0.717, 1.165) is 30.9 Å². The lowest BCUT2D eigenvalue weighted by Crippen LogP contribution is -2.46. The molecule has 2 aliphatic rings. The van der Waals surface area contributed by atoms with Gasteiger partial charge in [0.2, 0.25) is 5.91 Å². The first-order chi connectivity index (χ1) is 14.5. The van der Waals surface area contributed by atoms with Crippen molar-refractivity contribution in [2.24, 2.45) is 5.92 Å². The summed E-state index contributed by atoms with van der Waals surface area (Å²) in [6.45, 7) is 2.68. The minimum atomic E-state index is -0.110. The van der Waals surface area contributed by atoms with Gasteiger partial charge in [-0.1, -0.05) is 11.6 Å². The number of ether oxygens (including phenoxy) is 1. The third kappa shape index (κ3) is 4.41. The molecule has 0 aliphatic carbocycles. The van der Waals surface area contributed by atoms with Gasteiger partial charge < -0.3 is 24.3 Å². The average molecular weight is 432 g/mol. The predicted molar refractivity (Wildman–Crippen MR) is 114 cm³/mol. The number of rotatable bonds is 5. The smallest absolute Gasteiger partial charge is 0.289 e. The molecule has 30 heavy (non-hydrogen) atoms. The summed E-state index contributed by atoms with van der Waals surface area (Å²) in [7, 11) is 1.64. The number of anilines is 1. The molecule has 3 heterocycles. The van der Waals surface area contributed by atoms with E-state index in [0.29, 0.717) is 36.7 Å². The molecule has 1 atom stereocenters. The third-order valence-corrected chi connectivity index (χ3v) is 6.14. The number of furan rings is 1. The second-order valence-corrected chi connectivity index (χ2v) is 8.24. The number of hydrogen-bond donors (Lipinski definition) is 1. The molecule has 1 aromatic carbocycles. The Labute approximate surface area is 180 Å². The number of carbonyl (C=O) groups is 2. The molecule has 7 nitrogen and oxygen atoms in total. The lowest BCUT2D eigenvalue weighted by Gasteiger charge is -2.31. The van der Waals surface area contributed by atoms with Crippen molar-refractivity contribution >= 4 is 29.1 Å². The number of amides is 2. The van der Waals surface area contributed by atoms with Gasteiger partial charge in [0.1, 0.15) is 5.75 Å². The minimum absolute atomic E-state index is 0.0691. The molecule has 2 amide bonds. The van der Waals surface area contributed by atoms with Crippen LogP contribution < -0.4 is 15.0 Å². The fourth-order valence-corrected chi connectivity index (χ4v) is 4.39. The van der Waals surface area contributed by atoms with E-state index in [4.69, 9.17) is 20.8 Å². The molecule has 1 aromatic heterocycles. The first-order valence-corrected chi connectivity index (χ1v) is 10.6. The number of likely N-dealkylation sites (tertiary alicyclic amines) is 1. The monoisotopic (exact) mass is 431 g/mol. The number of halogens is 1. The number of hydrogen-bond acceptors (Lipinski definition) is 5. The van der Waals surface area contributed by atoms with E-state index in [1.807, 2.05) is 18.2 Å². The van der Waals surface area contributed by atoms with Crippen LogP contribution in [0.25, 0.3) is 0 Å². The highest BCUT2D eigenvalue weighted by Gasteiger charge is 2.32. The number of nitrogens with zero attached hydrogens (tertiary/aromatic N) is 2. The lowest BCUT2D eigenvalue weighted by molar-refractivity contribution is -0.126. The molecule has 4 rings (SSSR count). The van der Waals surface area contributed by atoms with E-state index in [1.165, 1.54) is 6.26 Å². The van der Waals surface area contributed by atoms with Crippen molar-refractivity contribution in [1.82, 2.24) is 10.2 Å². The van der Waals surface area contributed by atoms with Crippen LogP contribution in [-0.2, 0) is 4.79 Å². The molecule has 0 spiro atoms. The first kappa shape index (κ1) is 20.6. The van der Waals surface area contributed by atoms with Gasteiger partial charge in [0.05, 0.1) is 19.1 Å². The molecule has 1 N–H and O–H groups in total. The van der Waals surface area contributed by atoms with E-state index in [1.54, 1.807) is 24.1 Å². The van der Waals surface area contributed by atoms with Crippen LogP contribution in [0.4, 0.5) is 5.69 Å². The SMILES string of the molecule is COc1ccc(Cl)cc1N1CCC(NC(=O)C2CCN(C(=O)c3ccco3)CC2)C1. The number of benzene rings is 1. The zero-order valence-corrected chi connectivity index (χ0v) is 17.7. The molecular weight excluding hydrogens is 406 g/mol. The largest absolute Gasteiger partial charge is 0.495 e. The zero-order valence-electron chi connectivity index (χ0n) is 17.0. The van der Waals surface area contributed by atoms with E-state index >= 15 is 0 Å². The van der Waals surface area contributed by atoms with Crippen LogP contribution in [0.15, 0.2) is 41.0 Å². The van der Waals surface area contributed by atoms with Crippen molar-refractivity contribution in [2.75, 3.05) is 38.2 Å². The summed E-state index contributed by atoms with van der Waals surface area (Å²) in [5.41, 5.74) is 0.950. The fraction of sp³-hybridized carbons (Fsp3) is 0.455. The summed E-state index contributed by atoms with van der Waals surface area (Å²) in [5, 5.41) is 3.86. The molecule has 1 unspecified atom stereocenters. The Morgan fingerprint density at radius 2 is 1.97 bits per heavy atom. The number of nitrogens with one attached hydrogen (secondary N) is 1. The molecule has 0 radical (unpaired) electrons. The summed E-state index contributed by atoms with van der Waals surface area (Å²) < 4.78 is 10.6. The molecule has 160 valence electrons. The predicted octanol–water partition coefficient (Wildman–Crippen LogP) is 3.19. The van der Waals surface area contributed by atoms with Crippen molar-refractivity contribution < 1.29 is 18.7 Å². The summed E-state index contributed by atoms with van der Waals surface area (Å²) in [4.78, 5) is 29.1. The maximum absolute atomic E-state index is 12.8. The second-order valence-electron chi connectivity index (χ2n) is 7.80. The van der Waals surface area contributed by atoms with Gasteiger partial charge in [0.15, 0.2) is 5.76 Å². The quantitative estimate of drug-likeness (QED) is 0.786.